The van der Waals surface area contributed by atoms with Gasteiger partial charge in [-0.3, -0.25) is 0 Å². The minimum absolute atomic E-state index is 0.282. The molecule has 0 aliphatic heterocycles. The van der Waals surface area contributed by atoms with Gasteiger partial charge >= 0.3 is 0 Å². The molecule has 1 aromatic heterocycles. The van der Waals surface area contributed by atoms with Crippen LogP contribution in [0.1, 0.15) is 17.2 Å². The molecule has 0 radical (unpaired) electrons. The normalized spacial score (nSPS) is 12.7. The number of hydrogen-bond donors (Lipinski definition) is 1. The lowest BCUT2D eigenvalue weighted by Gasteiger charge is -2.16. The van der Waals surface area contributed by atoms with Crippen molar-refractivity contribution in [2.75, 3.05) is 7.05 Å². The molecule has 0 saturated carbocycles. The van der Waals surface area contributed by atoms with Crippen LogP contribution in [-0.4, -0.2) is 7.05 Å². The Morgan fingerprint density at radius 2 is 1.89 bits per heavy atom. The van der Waals surface area contributed by atoms with Crippen LogP contribution in [0.15, 0.2) is 65.5 Å². The summed E-state index contributed by atoms with van der Waals surface area (Å²) in [5.74, 6) is 0. The molecule has 1 heterocycles. The van der Waals surface area contributed by atoms with Crippen molar-refractivity contribution in [3.05, 3.63) is 72.2 Å². The van der Waals surface area contributed by atoms with Crippen LogP contribution in [-0.2, 0) is 6.42 Å². The van der Waals surface area contributed by atoms with Gasteiger partial charge in [-0.2, -0.15) is 0 Å². The number of hydrogen-bond acceptors (Lipinski definition) is 2. The van der Waals surface area contributed by atoms with Crippen LogP contribution < -0.4 is 5.32 Å². The van der Waals surface area contributed by atoms with E-state index in [-0.39, 0.29) is 6.04 Å². The molecule has 2 heteroatoms. The first-order chi connectivity index (χ1) is 9.38. The van der Waals surface area contributed by atoms with E-state index in [0.717, 1.165) is 6.42 Å². The van der Waals surface area contributed by atoms with E-state index in [1.807, 2.05) is 19.4 Å². The summed E-state index contributed by atoms with van der Waals surface area (Å²) in [7, 11) is 1.99. The second-order valence-electron chi connectivity index (χ2n) is 4.74. The highest BCUT2D eigenvalue weighted by Gasteiger charge is 2.12. The lowest BCUT2D eigenvalue weighted by atomic mass is 9.96. The average molecular weight is 251 g/mol. The third-order valence-corrected chi connectivity index (χ3v) is 3.60. The maximum Gasteiger partial charge on any atom is 0.0950 e. The molecule has 1 N–H and O–H groups in total. The van der Waals surface area contributed by atoms with Gasteiger partial charge in [0.05, 0.1) is 12.5 Å². The molecule has 1 atom stereocenters. The van der Waals surface area contributed by atoms with Crippen molar-refractivity contribution in [3.63, 3.8) is 0 Å². The molecular weight excluding hydrogens is 234 g/mol. The van der Waals surface area contributed by atoms with E-state index < -0.39 is 0 Å². The van der Waals surface area contributed by atoms with Crippen molar-refractivity contribution in [1.29, 1.82) is 0 Å². The summed E-state index contributed by atoms with van der Waals surface area (Å²) in [6.07, 6.45) is 4.49. The Kier molecular flexibility index (Phi) is 3.34. The summed E-state index contributed by atoms with van der Waals surface area (Å²) in [5.41, 5.74) is 2.55. The first kappa shape index (κ1) is 12.0. The molecular formula is C17H17NO. The Balaban J connectivity index is 1.96. The smallest absolute Gasteiger partial charge is 0.0950 e. The Labute approximate surface area is 113 Å². The average Bonchev–Trinajstić information content (AvgIpc) is 2.99. The largest absolute Gasteiger partial charge is 0.472 e. The number of benzene rings is 2. The minimum atomic E-state index is 0.282. The maximum absolute atomic E-state index is 5.18. The van der Waals surface area contributed by atoms with E-state index in [0.29, 0.717) is 0 Å². The summed E-state index contributed by atoms with van der Waals surface area (Å²) in [5, 5.41) is 5.98. The molecule has 0 amide bonds. The lowest BCUT2D eigenvalue weighted by molar-refractivity contribution is 0.543. The molecule has 0 aliphatic rings. The molecule has 0 saturated heterocycles. The molecule has 19 heavy (non-hydrogen) atoms. The van der Waals surface area contributed by atoms with E-state index in [9.17, 15) is 0 Å². The SMILES string of the molecule is CNC(Cc1cccc2ccccc12)c1ccoc1. The van der Waals surface area contributed by atoms with Crippen LogP contribution in [0, 0.1) is 0 Å². The number of nitrogens with one attached hydrogen (secondary N) is 1. The van der Waals surface area contributed by atoms with Crippen LogP contribution >= 0.6 is 0 Å². The van der Waals surface area contributed by atoms with Gasteiger partial charge in [-0.25, -0.2) is 0 Å². The summed E-state index contributed by atoms with van der Waals surface area (Å²) in [6, 6.07) is 17.3. The van der Waals surface area contributed by atoms with E-state index >= 15 is 0 Å². The summed E-state index contributed by atoms with van der Waals surface area (Å²) < 4.78 is 5.18. The second kappa shape index (κ2) is 5.29. The number of rotatable bonds is 4. The molecule has 96 valence electrons. The van der Waals surface area contributed by atoms with E-state index in [1.165, 1.54) is 21.9 Å². The number of likely N-dealkylation sites (N-methyl/N-ethyl adjacent to an activating group) is 1. The number of furan rings is 1. The van der Waals surface area contributed by atoms with Gasteiger partial charge in [0.15, 0.2) is 0 Å². The van der Waals surface area contributed by atoms with Gasteiger partial charge in [0.25, 0.3) is 0 Å². The minimum Gasteiger partial charge on any atom is -0.472 e. The second-order valence-corrected chi connectivity index (χ2v) is 4.74. The van der Waals surface area contributed by atoms with E-state index in [2.05, 4.69) is 47.8 Å². The molecule has 0 spiro atoms. The van der Waals surface area contributed by atoms with Gasteiger partial charge in [-0.05, 0) is 35.9 Å². The first-order valence-electron chi connectivity index (χ1n) is 6.54. The zero-order chi connectivity index (χ0) is 13.1. The van der Waals surface area contributed by atoms with E-state index in [4.69, 9.17) is 4.42 Å². The lowest BCUT2D eigenvalue weighted by Crippen LogP contribution is -2.18. The van der Waals surface area contributed by atoms with Gasteiger partial charge in [0.1, 0.15) is 0 Å². The predicted octanol–water partition coefficient (Wildman–Crippen LogP) is 3.94. The monoisotopic (exact) mass is 251 g/mol. The predicted molar refractivity (Wildman–Crippen MR) is 78.2 cm³/mol. The molecule has 2 nitrogen and oxygen atoms in total. The van der Waals surface area contributed by atoms with Crippen molar-refractivity contribution < 1.29 is 4.42 Å². The van der Waals surface area contributed by atoms with Crippen molar-refractivity contribution in [1.82, 2.24) is 5.32 Å². The maximum atomic E-state index is 5.18. The standard InChI is InChI=1S/C17H17NO/c1-18-17(15-9-10-19-12-15)11-14-7-4-6-13-5-2-3-8-16(13)14/h2-10,12,17-18H,11H2,1H3. The van der Waals surface area contributed by atoms with Crippen molar-refractivity contribution in [2.24, 2.45) is 0 Å². The summed E-state index contributed by atoms with van der Waals surface area (Å²) in [6.45, 7) is 0. The molecule has 2 aromatic carbocycles. The van der Waals surface area contributed by atoms with E-state index in [1.54, 1.807) is 6.26 Å². The topological polar surface area (TPSA) is 25.2 Å². The zero-order valence-corrected chi connectivity index (χ0v) is 11.0. The van der Waals surface area contributed by atoms with Gasteiger partial charge in [-0.1, -0.05) is 42.5 Å². The Morgan fingerprint density at radius 3 is 2.68 bits per heavy atom. The molecule has 3 rings (SSSR count). The highest BCUT2D eigenvalue weighted by atomic mass is 16.3. The van der Waals surface area contributed by atoms with Gasteiger partial charge < -0.3 is 9.73 Å². The quantitative estimate of drug-likeness (QED) is 0.760. The van der Waals surface area contributed by atoms with Crippen molar-refractivity contribution in [3.8, 4) is 0 Å². The molecule has 3 aromatic rings. The Bertz CT molecular complexity index is 653. The van der Waals surface area contributed by atoms with Crippen LogP contribution in [0.5, 0.6) is 0 Å². The van der Waals surface area contributed by atoms with Crippen LogP contribution in [0.25, 0.3) is 10.8 Å². The van der Waals surface area contributed by atoms with Crippen molar-refractivity contribution >= 4 is 10.8 Å². The fourth-order valence-electron chi connectivity index (χ4n) is 2.55. The highest BCUT2D eigenvalue weighted by Crippen LogP contribution is 2.24. The van der Waals surface area contributed by atoms with Crippen LogP contribution in [0.4, 0.5) is 0 Å². The van der Waals surface area contributed by atoms with Crippen molar-refractivity contribution in [2.45, 2.75) is 12.5 Å². The fourth-order valence-corrected chi connectivity index (χ4v) is 2.55. The van der Waals surface area contributed by atoms with Gasteiger partial charge in [0.2, 0.25) is 0 Å². The molecule has 0 fully saturated rings. The van der Waals surface area contributed by atoms with Gasteiger partial charge in [0, 0.05) is 11.6 Å². The van der Waals surface area contributed by atoms with Crippen LogP contribution in [0.3, 0.4) is 0 Å². The molecule has 1 unspecified atom stereocenters. The zero-order valence-electron chi connectivity index (χ0n) is 11.0. The first-order valence-corrected chi connectivity index (χ1v) is 6.54. The highest BCUT2D eigenvalue weighted by molar-refractivity contribution is 5.85. The fraction of sp³-hybridized carbons (Fsp3) is 0.176. The number of fused-ring (bicyclic) bond motifs is 1. The van der Waals surface area contributed by atoms with Crippen LogP contribution in [0.2, 0.25) is 0 Å². The Hall–Kier alpha value is -2.06. The summed E-state index contributed by atoms with van der Waals surface area (Å²) in [4.78, 5) is 0. The third-order valence-electron chi connectivity index (χ3n) is 3.60. The Morgan fingerprint density at radius 1 is 1.05 bits per heavy atom. The summed E-state index contributed by atoms with van der Waals surface area (Å²) >= 11 is 0. The third kappa shape index (κ3) is 2.40. The van der Waals surface area contributed by atoms with Gasteiger partial charge in [-0.15, -0.1) is 0 Å². The molecule has 0 bridgehead atoms. The molecule has 0 aliphatic carbocycles.